The lowest BCUT2D eigenvalue weighted by Crippen LogP contribution is -2.22. The van der Waals surface area contributed by atoms with E-state index in [1.807, 2.05) is 31.2 Å². The van der Waals surface area contributed by atoms with Gasteiger partial charge >= 0.3 is 0 Å². The number of H-pyrrole nitrogens is 1. The molecule has 0 spiro atoms. The molecule has 0 saturated carbocycles. The highest BCUT2D eigenvalue weighted by Crippen LogP contribution is 2.17. The Labute approximate surface area is 128 Å². The van der Waals surface area contributed by atoms with Gasteiger partial charge < -0.3 is 10.6 Å². The highest BCUT2D eigenvalue weighted by atomic mass is 16.2. The Balaban J connectivity index is 1.83. The zero-order valence-electron chi connectivity index (χ0n) is 12.6. The van der Waals surface area contributed by atoms with Crippen molar-refractivity contribution < 1.29 is 9.59 Å². The molecule has 22 heavy (non-hydrogen) atoms. The van der Waals surface area contributed by atoms with Gasteiger partial charge in [-0.1, -0.05) is 0 Å². The molecule has 1 aromatic carbocycles. The van der Waals surface area contributed by atoms with Gasteiger partial charge in [0.05, 0.1) is 0 Å². The fraction of sp³-hybridized carbons (Fsp3) is 0.333. The Morgan fingerprint density at radius 3 is 2.55 bits per heavy atom. The topological polar surface area (TPSA) is 99.8 Å². The van der Waals surface area contributed by atoms with E-state index >= 15 is 0 Å². The van der Waals surface area contributed by atoms with Gasteiger partial charge in [-0.15, -0.1) is 0 Å². The van der Waals surface area contributed by atoms with E-state index in [1.54, 1.807) is 0 Å². The SMILES string of the molecule is CC(=O)NCCCC(=O)Nc1ccc(-c2n[nH]c(C)n2)cc1. The maximum atomic E-state index is 11.8. The average molecular weight is 301 g/mol. The van der Waals surface area contributed by atoms with Gasteiger partial charge in [-0.3, -0.25) is 14.7 Å². The van der Waals surface area contributed by atoms with Crippen LogP contribution in [0, 0.1) is 6.92 Å². The molecule has 0 aliphatic heterocycles. The van der Waals surface area contributed by atoms with Crippen LogP contribution in [0.15, 0.2) is 24.3 Å². The summed E-state index contributed by atoms with van der Waals surface area (Å²) >= 11 is 0. The van der Waals surface area contributed by atoms with Gasteiger partial charge in [-0.25, -0.2) is 4.98 Å². The lowest BCUT2D eigenvalue weighted by molar-refractivity contribution is -0.119. The van der Waals surface area contributed by atoms with Crippen LogP contribution in [0.2, 0.25) is 0 Å². The van der Waals surface area contributed by atoms with E-state index in [0.29, 0.717) is 25.2 Å². The van der Waals surface area contributed by atoms with E-state index in [0.717, 1.165) is 17.1 Å². The van der Waals surface area contributed by atoms with Gasteiger partial charge in [-0.05, 0) is 37.6 Å². The van der Waals surface area contributed by atoms with Crippen LogP contribution in [0.5, 0.6) is 0 Å². The average Bonchev–Trinajstić information content (AvgIpc) is 2.91. The van der Waals surface area contributed by atoms with Crippen LogP contribution < -0.4 is 10.6 Å². The minimum absolute atomic E-state index is 0.0770. The Morgan fingerprint density at radius 1 is 1.23 bits per heavy atom. The normalized spacial score (nSPS) is 10.3. The summed E-state index contributed by atoms with van der Waals surface area (Å²) in [6, 6.07) is 7.34. The molecule has 0 bridgehead atoms. The molecule has 0 saturated heterocycles. The molecule has 1 heterocycles. The van der Waals surface area contributed by atoms with Crippen LogP contribution in [0.25, 0.3) is 11.4 Å². The van der Waals surface area contributed by atoms with Crippen LogP contribution >= 0.6 is 0 Å². The van der Waals surface area contributed by atoms with Crippen molar-refractivity contribution in [3.63, 3.8) is 0 Å². The summed E-state index contributed by atoms with van der Waals surface area (Å²) in [5.41, 5.74) is 1.61. The molecule has 0 radical (unpaired) electrons. The maximum Gasteiger partial charge on any atom is 0.224 e. The Kier molecular flexibility index (Phi) is 5.24. The monoisotopic (exact) mass is 301 g/mol. The zero-order chi connectivity index (χ0) is 15.9. The first-order chi connectivity index (χ1) is 10.5. The minimum atomic E-state index is -0.0850. The van der Waals surface area contributed by atoms with Gasteiger partial charge in [0, 0.05) is 31.1 Å². The molecule has 1 aromatic heterocycles. The van der Waals surface area contributed by atoms with Crippen LogP contribution in [0.1, 0.15) is 25.6 Å². The number of aryl methyl sites for hydroxylation is 1. The summed E-state index contributed by atoms with van der Waals surface area (Å²) in [6.45, 7) is 3.80. The van der Waals surface area contributed by atoms with E-state index in [1.165, 1.54) is 6.92 Å². The van der Waals surface area contributed by atoms with Gasteiger partial charge in [-0.2, -0.15) is 5.10 Å². The first-order valence-corrected chi connectivity index (χ1v) is 7.08. The Bertz CT molecular complexity index is 648. The number of hydrogen-bond donors (Lipinski definition) is 3. The predicted molar refractivity (Wildman–Crippen MR) is 83.1 cm³/mol. The van der Waals surface area contributed by atoms with Crippen molar-refractivity contribution in [1.82, 2.24) is 20.5 Å². The molecule has 0 aliphatic rings. The van der Waals surface area contributed by atoms with Crippen LogP contribution in [-0.4, -0.2) is 33.5 Å². The third-order valence-electron chi connectivity index (χ3n) is 2.98. The number of nitrogens with zero attached hydrogens (tertiary/aromatic N) is 2. The standard InChI is InChI=1S/C15H19N5O2/c1-10-17-15(20-19-10)12-5-7-13(8-6-12)18-14(22)4-3-9-16-11(2)21/h5-8H,3-4,9H2,1-2H3,(H,16,21)(H,18,22)(H,17,19,20). The molecule has 116 valence electrons. The van der Waals surface area contributed by atoms with Crippen molar-refractivity contribution in [1.29, 1.82) is 0 Å². The van der Waals surface area contributed by atoms with Crippen LogP contribution in [0.3, 0.4) is 0 Å². The first-order valence-electron chi connectivity index (χ1n) is 7.08. The van der Waals surface area contributed by atoms with Gasteiger partial charge in [0.2, 0.25) is 11.8 Å². The zero-order valence-corrected chi connectivity index (χ0v) is 12.6. The second-order valence-corrected chi connectivity index (χ2v) is 4.96. The molecule has 0 unspecified atom stereocenters. The van der Waals surface area contributed by atoms with Crippen molar-refractivity contribution in [3.8, 4) is 11.4 Å². The van der Waals surface area contributed by atoms with Crippen molar-refractivity contribution in [2.24, 2.45) is 0 Å². The molecule has 2 rings (SSSR count). The van der Waals surface area contributed by atoms with E-state index in [4.69, 9.17) is 0 Å². The smallest absolute Gasteiger partial charge is 0.224 e. The number of aromatic amines is 1. The molecule has 0 atom stereocenters. The molecule has 7 nitrogen and oxygen atoms in total. The fourth-order valence-corrected chi connectivity index (χ4v) is 1.91. The number of rotatable bonds is 6. The summed E-state index contributed by atoms with van der Waals surface area (Å²) < 4.78 is 0. The van der Waals surface area contributed by atoms with Crippen LogP contribution in [-0.2, 0) is 9.59 Å². The molecule has 2 aromatic rings. The quantitative estimate of drug-likeness (QED) is 0.706. The second kappa shape index (κ2) is 7.35. The summed E-state index contributed by atoms with van der Waals surface area (Å²) in [7, 11) is 0. The lowest BCUT2D eigenvalue weighted by atomic mass is 10.2. The Morgan fingerprint density at radius 2 is 1.95 bits per heavy atom. The number of amides is 2. The third kappa shape index (κ3) is 4.69. The highest BCUT2D eigenvalue weighted by Gasteiger charge is 2.05. The van der Waals surface area contributed by atoms with Crippen LogP contribution in [0.4, 0.5) is 5.69 Å². The summed E-state index contributed by atoms with van der Waals surface area (Å²) in [6.07, 6.45) is 0.974. The highest BCUT2D eigenvalue weighted by molar-refractivity contribution is 5.90. The summed E-state index contributed by atoms with van der Waals surface area (Å²) in [4.78, 5) is 26.7. The molecule has 3 N–H and O–H groups in total. The maximum absolute atomic E-state index is 11.8. The molecule has 2 amide bonds. The number of benzene rings is 1. The van der Waals surface area contributed by atoms with Gasteiger partial charge in [0.15, 0.2) is 5.82 Å². The van der Waals surface area contributed by atoms with Gasteiger partial charge in [0.25, 0.3) is 0 Å². The number of aromatic nitrogens is 3. The first kappa shape index (κ1) is 15.7. The number of nitrogens with one attached hydrogen (secondary N) is 3. The summed E-state index contributed by atoms with van der Waals surface area (Å²) in [5, 5.41) is 12.3. The van der Waals surface area contributed by atoms with E-state index in [9.17, 15) is 9.59 Å². The molecule has 0 fully saturated rings. The van der Waals surface area contributed by atoms with Crippen molar-refractivity contribution in [2.75, 3.05) is 11.9 Å². The number of hydrogen-bond acceptors (Lipinski definition) is 4. The molecule has 0 aliphatic carbocycles. The summed E-state index contributed by atoms with van der Waals surface area (Å²) in [5.74, 6) is 1.22. The Hall–Kier alpha value is -2.70. The van der Waals surface area contributed by atoms with Crippen molar-refractivity contribution >= 4 is 17.5 Å². The van der Waals surface area contributed by atoms with E-state index in [2.05, 4.69) is 25.8 Å². The predicted octanol–water partition coefficient (Wildman–Crippen LogP) is 1.63. The van der Waals surface area contributed by atoms with Gasteiger partial charge in [0.1, 0.15) is 5.82 Å². The minimum Gasteiger partial charge on any atom is -0.356 e. The second-order valence-electron chi connectivity index (χ2n) is 4.96. The third-order valence-corrected chi connectivity index (χ3v) is 2.98. The number of carbonyl (C=O) groups excluding carboxylic acids is 2. The van der Waals surface area contributed by atoms with Crippen molar-refractivity contribution in [2.45, 2.75) is 26.7 Å². The van der Waals surface area contributed by atoms with Crippen molar-refractivity contribution in [3.05, 3.63) is 30.1 Å². The molecular weight excluding hydrogens is 282 g/mol. The molecular formula is C15H19N5O2. The number of carbonyl (C=O) groups is 2. The lowest BCUT2D eigenvalue weighted by Gasteiger charge is -2.06. The van der Waals surface area contributed by atoms with E-state index in [-0.39, 0.29) is 11.8 Å². The largest absolute Gasteiger partial charge is 0.356 e. The van der Waals surface area contributed by atoms with E-state index < -0.39 is 0 Å². The fourth-order valence-electron chi connectivity index (χ4n) is 1.91. The number of anilines is 1. The molecule has 7 heteroatoms.